The third-order valence-corrected chi connectivity index (χ3v) is 4.38. The zero-order valence-electron chi connectivity index (χ0n) is 14.9. The molecule has 3 aromatic carbocycles. The summed E-state index contributed by atoms with van der Waals surface area (Å²) in [5, 5.41) is 0. The van der Waals surface area contributed by atoms with E-state index < -0.39 is 0 Å². The van der Waals surface area contributed by atoms with Crippen LogP contribution < -0.4 is 4.74 Å². The first-order valence-corrected chi connectivity index (χ1v) is 8.78. The highest BCUT2D eigenvalue weighted by atomic mass is 19.1. The smallest absolute Gasteiger partial charge is 0.138 e. The molecule has 0 amide bonds. The van der Waals surface area contributed by atoms with Crippen LogP contribution in [-0.4, -0.2) is 9.97 Å². The van der Waals surface area contributed by atoms with Crippen LogP contribution in [0.25, 0.3) is 22.6 Å². The Morgan fingerprint density at radius 3 is 2.56 bits per heavy atom. The summed E-state index contributed by atoms with van der Waals surface area (Å²) in [4.78, 5) is 7.71. The third kappa shape index (κ3) is 3.90. The Bertz CT molecular complexity index is 1060. The summed E-state index contributed by atoms with van der Waals surface area (Å²) in [6.45, 7) is 2.55. The van der Waals surface area contributed by atoms with Crippen LogP contribution in [0.3, 0.4) is 0 Å². The highest BCUT2D eigenvalue weighted by Gasteiger charge is 2.09. The Balaban J connectivity index is 1.52. The van der Waals surface area contributed by atoms with E-state index in [9.17, 15) is 4.39 Å². The van der Waals surface area contributed by atoms with E-state index in [1.807, 2.05) is 67.7 Å². The molecule has 0 radical (unpaired) electrons. The van der Waals surface area contributed by atoms with Gasteiger partial charge in [0.25, 0.3) is 0 Å². The van der Waals surface area contributed by atoms with Crippen LogP contribution in [0.2, 0.25) is 0 Å². The van der Waals surface area contributed by atoms with Gasteiger partial charge in [0.15, 0.2) is 0 Å². The van der Waals surface area contributed by atoms with Crippen LogP contribution >= 0.6 is 0 Å². The van der Waals surface area contributed by atoms with Crippen molar-refractivity contribution in [2.24, 2.45) is 0 Å². The molecule has 4 aromatic rings. The summed E-state index contributed by atoms with van der Waals surface area (Å²) < 4.78 is 19.4. The number of aromatic nitrogens is 2. The fourth-order valence-corrected chi connectivity index (χ4v) is 2.96. The van der Waals surface area contributed by atoms with Gasteiger partial charge in [-0.05, 0) is 48.4 Å². The summed E-state index contributed by atoms with van der Waals surface area (Å²) in [5.74, 6) is 1.22. The Morgan fingerprint density at radius 2 is 1.78 bits per heavy atom. The van der Waals surface area contributed by atoms with Gasteiger partial charge in [-0.15, -0.1) is 0 Å². The Labute approximate surface area is 157 Å². The largest absolute Gasteiger partial charge is 0.489 e. The maximum atomic E-state index is 13.4. The first-order valence-electron chi connectivity index (χ1n) is 8.78. The molecule has 0 bridgehead atoms. The van der Waals surface area contributed by atoms with Crippen LogP contribution in [0.1, 0.15) is 11.1 Å². The summed E-state index contributed by atoms with van der Waals surface area (Å²) in [6.07, 6.45) is 1.83. The van der Waals surface area contributed by atoms with E-state index in [0.29, 0.717) is 12.4 Å². The van der Waals surface area contributed by atoms with Gasteiger partial charge >= 0.3 is 0 Å². The molecular formula is C23H19FN2O. The van der Waals surface area contributed by atoms with E-state index in [4.69, 9.17) is 4.74 Å². The average Bonchev–Trinajstić information content (AvgIpc) is 3.18. The van der Waals surface area contributed by atoms with Crippen molar-refractivity contribution in [3.63, 3.8) is 0 Å². The molecular weight excluding hydrogens is 339 g/mol. The van der Waals surface area contributed by atoms with Crippen LogP contribution in [-0.2, 0) is 6.61 Å². The van der Waals surface area contributed by atoms with Crippen molar-refractivity contribution in [2.75, 3.05) is 0 Å². The van der Waals surface area contributed by atoms with Gasteiger partial charge in [0, 0.05) is 17.3 Å². The Hall–Kier alpha value is -3.40. The Kier molecular flexibility index (Phi) is 4.71. The maximum absolute atomic E-state index is 13.4. The van der Waals surface area contributed by atoms with E-state index >= 15 is 0 Å². The number of aromatic amines is 1. The fourth-order valence-electron chi connectivity index (χ4n) is 2.96. The maximum Gasteiger partial charge on any atom is 0.138 e. The minimum absolute atomic E-state index is 0.277. The van der Waals surface area contributed by atoms with Gasteiger partial charge in [0.2, 0.25) is 0 Å². The number of hydrogen-bond acceptors (Lipinski definition) is 2. The molecule has 0 fully saturated rings. The van der Waals surface area contributed by atoms with Gasteiger partial charge in [0.1, 0.15) is 24.0 Å². The molecule has 27 heavy (non-hydrogen) atoms. The molecule has 0 aliphatic rings. The van der Waals surface area contributed by atoms with Crippen molar-refractivity contribution >= 4 is 0 Å². The topological polar surface area (TPSA) is 37.9 Å². The van der Waals surface area contributed by atoms with Crippen molar-refractivity contribution in [3.8, 4) is 28.4 Å². The van der Waals surface area contributed by atoms with Gasteiger partial charge in [0.05, 0.1) is 5.69 Å². The van der Waals surface area contributed by atoms with E-state index in [1.165, 1.54) is 12.1 Å². The minimum Gasteiger partial charge on any atom is -0.489 e. The van der Waals surface area contributed by atoms with Crippen LogP contribution in [0.15, 0.2) is 79.0 Å². The molecule has 0 atom stereocenters. The second-order valence-corrected chi connectivity index (χ2v) is 6.40. The first kappa shape index (κ1) is 17.0. The highest BCUT2D eigenvalue weighted by molar-refractivity contribution is 5.66. The van der Waals surface area contributed by atoms with E-state index in [-0.39, 0.29) is 5.82 Å². The van der Waals surface area contributed by atoms with Crippen LogP contribution in [0.4, 0.5) is 4.39 Å². The molecule has 1 N–H and O–H groups in total. The van der Waals surface area contributed by atoms with Gasteiger partial charge in [-0.25, -0.2) is 9.37 Å². The number of nitrogens with zero attached hydrogens (tertiary/aromatic N) is 1. The lowest BCUT2D eigenvalue weighted by Crippen LogP contribution is -1.97. The number of imidazole rings is 1. The van der Waals surface area contributed by atoms with Gasteiger partial charge in [-0.3, -0.25) is 0 Å². The fraction of sp³-hybridized carbons (Fsp3) is 0.0870. The average molecular weight is 358 g/mol. The van der Waals surface area contributed by atoms with Crippen molar-refractivity contribution in [1.29, 1.82) is 0 Å². The monoisotopic (exact) mass is 358 g/mol. The molecule has 1 aromatic heterocycles. The van der Waals surface area contributed by atoms with Crippen molar-refractivity contribution in [3.05, 3.63) is 95.9 Å². The van der Waals surface area contributed by atoms with E-state index in [1.54, 1.807) is 6.07 Å². The number of rotatable bonds is 5. The second kappa shape index (κ2) is 7.46. The second-order valence-electron chi connectivity index (χ2n) is 6.40. The molecule has 0 spiro atoms. The Morgan fingerprint density at radius 1 is 0.926 bits per heavy atom. The predicted molar refractivity (Wildman–Crippen MR) is 105 cm³/mol. The van der Waals surface area contributed by atoms with Crippen LogP contribution in [0.5, 0.6) is 5.75 Å². The van der Waals surface area contributed by atoms with Gasteiger partial charge in [-0.2, -0.15) is 0 Å². The number of halogens is 1. The summed E-state index contributed by atoms with van der Waals surface area (Å²) in [7, 11) is 0. The zero-order valence-corrected chi connectivity index (χ0v) is 14.9. The van der Waals surface area contributed by atoms with E-state index in [0.717, 1.165) is 33.7 Å². The van der Waals surface area contributed by atoms with Crippen LogP contribution in [0, 0.1) is 12.7 Å². The molecule has 134 valence electrons. The predicted octanol–water partition coefficient (Wildman–Crippen LogP) is 5.77. The van der Waals surface area contributed by atoms with Crippen molar-refractivity contribution < 1.29 is 9.13 Å². The molecule has 0 aliphatic heterocycles. The quantitative estimate of drug-likeness (QED) is 0.492. The molecule has 1 heterocycles. The number of hydrogen-bond donors (Lipinski definition) is 1. The summed E-state index contributed by atoms with van der Waals surface area (Å²) in [5.41, 5.74) is 4.69. The molecule has 0 saturated carbocycles. The lowest BCUT2D eigenvalue weighted by molar-refractivity contribution is 0.304. The van der Waals surface area contributed by atoms with Gasteiger partial charge in [-0.1, -0.05) is 42.5 Å². The molecule has 4 rings (SSSR count). The highest BCUT2D eigenvalue weighted by Crippen LogP contribution is 2.27. The zero-order chi connectivity index (χ0) is 18.6. The number of nitrogens with one attached hydrogen (secondary N) is 1. The standard InChI is InChI=1S/C23H19FN2O/c1-16-12-18(10-11-22(16)27-15-17-6-3-2-4-7-17)21-14-25-23(26-21)19-8-5-9-20(24)13-19/h2-14H,15H2,1H3,(H,25,26). The number of aryl methyl sites for hydroxylation is 1. The third-order valence-electron chi connectivity index (χ3n) is 4.38. The molecule has 4 heteroatoms. The molecule has 3 nitrogen and oxygen atoms in total. The number of ether oxygens (including phenoxy) is 1. The number of benzene rings is 3. The molecule has 0 saturated heterocycles. The summed E-state index contributed by atoms with van der Waals surface area (Å²) >= 11 is 0. The molecule has 0 unspecified atom stereocenters. The van der Waals surface area contributed by atoms with E-state index in [2.05, 4.69) is 9.97 Å². The lowest BCUT2D eigenvalue weighted by Gasteiger charge is -2.10. The first-order chi connectivity index (χ1) is 13.2. The van der Waals surface area contributed by atoms with Gasteiger partial charge < -0.3 is 9.72 Å². The SMILES string of the molecule is Cc1cc(-c2c[nH]c(-c3cccc(F)c3)n2)ccc1OCc1ccccc1. The lowest BCUT2D eigenvalue weighted by atomic mass is 10.1. The molecule has 0 aliphatic carbocycles. The number of H-pyrrole nitrogens is 1. The summed E-state index contributed by atoms with van der Waals surface area (Å²) in [6, 6.07) is 22.5. The van der Waals surface area contributed by atoms with Crippen molar-refractivity contribution in [1.82, 2.24) is 9.97 Å². The minimum atomic E-state index is -0.277. The normalized spacial score (nSPS) is 10.7. The van der Waals surface area contributed by atoms with Crippen molar-refractivity contribution in [2.45, 2.75) is 13.5 Å².